The van der Waals surface area contributed by atoms with Gasteiger partial charge in [-0.25, -0.2) is 0 Å². The Morgan fingerprint density at radius 1 is 0.537 bits per heavy atom. The molecule has 0 saturated carbocycles. The summed E-state index contributed by atoms with van der Waals surface area (Å²) >= 11 is 0. The van der Waals surface area contributed by atoms with Crippen molar-refractivity contribution in [1.29, 1.82) is 0 Å². The van der Waals surface area contributed by atoms with Gasteiger partial charge in [0.2, 0.25) is 0 Å². The minimum atomic E-state index is -1.27. The van der Waals surface area contributed by atoms with E-state index in [1.165, 1.54) is 0 Å². The second-order valence-electron chi connectivity index (χ2n) is 13.5. The summed E-state index contributed by atoms with van der Waals surface area (Å²) in [6.07, 6.45) is -6.23. The second kappa shape index (κ2) is 20.1. The van der Waals surface area contributed by atoms with Crippen LogP contribution < -0.4 is 4.74 Å². The molecular weight excluding hydrogens is 688 g/mol. The first kappa shape index (κ1) is 39.7. The van der Waals surface area contributed by atoms with Crippen LogP contribution in [0.25, 0.3) is 0 Å². The zero-order valence-corrected chi connectivity index (χ0v) is 31.2. The summed E-state index contributed by atoms with van der Waals surface area (Å²) in [5.74, 6) is 0.739. The number of hydrogen-bond donors (Lipinski definition) is 1. The van der Waals surface area contributed by atoms with Crippen LogP contribution >= 0.6 is 0 Å². The molecule has 4 aromatic carbocycles. The summed E-state index contributed by atoms with van der Waals surface area (Å²) in [7, 11) is 1.62. The smallest absolute Gasteiger partial charge is 0.187 e. The van der Waals surface area contributed by atoms with E-state index in [-0.39, 0.29) is 19.8 Å². The fourth-order valence-electron chi connectivity index (χ4n) is 6.73. The zero-order valence-electron chi connectivity index (χ0n) is 31.2. The van der Waals surface area contributed by atoms with Crippen molar-refractivity contribution in [2.45, 2.75) is 102 Å². The first-order valence-electron chi connectivity index (χ1n) is 18.5. The highest BCUT2D eigenvalue weighted by Crippen LogP contribution is 2.35. The molecule has 6 rings (SSSR count). The van der Waals surface area contributed by atoms with E-state index in [2.05, 4.69) is 6.58 Å². The number of benzene rings is 4. The average molecular weight is 741 g/mol. The van der Waals surface area contributed by atoms with Crippen LogP contribution in [0.4, 0.5) is 0 Å². The number of aliphatic hydroxyl groups is 1. The number of ether oxygens (including phenoxy) is 9. The maximum atomic E-state index is 12.1. The summed E-state index contributed by atoms with van der Waals surface area (Å²) in [4.78, 5) is 0. The van der Waals surface area contributed by atoms with Gasteiger partial charge in [-0.3, -0.25) is 0 Å². The van der Waals surface area contributed by atoms with E-state index in [9.17, 15) is 5.11 Å². The summed E-state index contributed by atoms with van der Waals surface area (Å²) in [5.41, 5.74) is 3.88. The van der Waals surface area contributed by atoms with E-state index < -0.39 is 61.4 Å². The molecule has 2 saturated heterocycles. The largest absolute Gasteiger partial charge is 0.497 e. The lowest BCUT2D eigenvalue weighted by Crippen LogP contribution is -2.64. The summed E-state index contributed by atoms with van der Waals surface area (Å²) in [6, 6.07) is 37.3. The molecule has 0 aromatic heterocycles. The molecule has 10 heteroatoms. The van der Waals surface area contributed by atoms with Gasteiger partial charge in [0.1, 0.15) is 42.4 Å². The molecule has 0 spiro atoms. The van der Waals surface area contributed by atoms with Crippen molar-refractivity contribution < 1.29 is 47.7 Å². The Balaban J connectivity index is 1.27. The summed E-state index contributed by atoms with van der Waals surface area (Å²) in [6.45, 7) is 8.99. The van der Waals surface area contributed by atoms with Crippen molar-refractivity contribution in [3.8, 4) is 5.75 Å². The van der Waals surface area contributed by atoms with Crippen molar-refractivity contribution in [3.63, 3.8) is 0 Å². The van der Waals surface area contributed by atoms with Gasteiger partial charge in [0.15, 0.2) is 12.6 Å². The van der Waals surface area contributed by atoms with Crippen molar-refractivity contribution in [2.24, 2.45) is 0 Å². The maximum Gasteiger partial charge on any atom is 0.187 e. The van der Waals surface area contributed by atoms with Gasteiger partial charge >= 0.3 is 0 Å². The van der Waals surface area contributed by atoms with Gasteiger partial charge in [0.25, 0.3) is 0 Å². The van der Waals surface area contributed by atoms with Gasteiger partial charge in [-0.15, -0.1) is 6.58 Å². The van der Waals surface area contributed by atoms with Gasteiger partial charge in [0.05, 0.1) is 52.4 Å². The number of rotatable bonds is 18. The third kappa shape index (κ3) is 10.6. The molecule has 10 atom stereocenters. The molecule has 2 aliphatic rings. The number of hydrogen-bond acceptors (Lipinski definition) is 10. The minimum Gasteiger partial charge on any atom is -0.497 e. The van der Waals surface area contributed by atoms with E-state index in [4.69, 9.17) is 42.6 Å². The predicted molar refractivity (Wildman–Crippen MR) is 202 cm³/mol. The zero-order chi connectivity index (χ0) is 37.7. The Morgan fingerprint density at radius 3 is 1.44 bits per heavy atom. The number of methoxy groups -OCH3 is 1. The van der Waals surface area contributed by atoms with Gasteiger partial charge in [0, 0.05) is 0 Å². The van der Waals surface area contributed by atoms with Crippen LogP contribution in [0, 0.1) is 0 Å². The average Bonchev–Trinajstić information content (AvgIpc) is 3.21. The highest BCUT2D eigenvalue weighted by atomic mass is 16.8. The molecule has 2 heterocycles. The lowest BCUT2D eigenvalue weighted by atomic mass is 9.97. The highest BCUT2D eigenvalue weighted by molar-refractivity contribution is 5.26. The Labute approximate surface area is 318 Å². The first-order valence-corrected chi connectivity index (χ1v) is 18.5. The SMILES string of the molecule is C=CCO[C@@H]1O[C@@H](C)[C@H](OCc2ccccc2)[C@@H](OCc2ccccc2)[C@H]1O[C@@H]1O[C@@H](C)[C@H](OCc2ccccc2)[C@@H](OCc2ccc(OC)cc2)[C@H]1O. The molecule has 288 valence electrons. The predicted octanol–water partition coefficient (Wildman–Crippen LogP) is 6.77. The van der Waals surface area contributed by atoms with Crippen LogP contribution in [0.15, 0.2) is 128 Å². The van der Waals surface area contributed by atoms with Crippen LogP contribution in [-0.4, -0.2) is 80.2 Å². The molecule has 4 aromatic rings. The van der Waals surface area contributed by atoms with E-state index in [0.717, 1.165) is 28.0 Å². The van der Waals surface area contributed by atoms with Crippen molar-refractivity contribution in [2.75, 3.05) is 13.7 Å². The molecule has 0 aliphatic carbocycles. The fourth-order valence-corrected chi connectivity index (χ4v) is 6.73. The Hall–Kier alpha value is -3.94. The highest BCUT2D eigenvalue weighted by Gasteiger charge is 2.52. The van der Waals surface area contributed by atoms with Gasteiger partial charge in [-0.1, -0.05) is 109 Å². The van der Waals surface area contributed by atoms with E-state index in [0.29, 0.717) is 13.2 Å². The molecule has 0 bridgehead atoms. The molecule has 10 nitrogen and oxygen atoms in total. The molecule has 0 radical (unpaired) electrons. The van der Waals surface area contributed by atoms with E-state index in [1.807, 2.05) is 129 Å². The summed E-state index contributed by atoms with van der Waals surface area (Å²) in [5, 5.41) is 12.1. The summed E-state index contributed by atoms with van der Waals surface area (Å²) < 4.78 is 57.3. The molecule has 1 N–H and O–H groups in total. The maximum absolute atomic E-state index is 12.1. The molecule has 2 fully saturated rings. The monoisotopic (exact) mass is 740 g/mol. The Bertz CT molecular complexity index is 1660. The molecule has 2 aliphatic heterocycles. The van der Waals surface area contributed by atoms with Gasteiger partial charge in [-0.2, -0.15) is 0 Å². The minimum absolute atomic E-state index is 0.200. The van der Waals surface area contributed by atoms with E-state index in [1.54, 1.807) is 13.2 Å². The van der Waals surface area contributed by atoms with Crippen LogP contribution in [-0.2, 0) is 64.3 Å². The quantitative estimate of drug-likeness (QED) is 0.110. The van der Waals surface area contributed by atoms with Crippen molar-refractivity contribution in [3.05, 3.63) is 150 Å². The molecule has 54 heavy (non-hydrogen) atoms. The Kier molecular flexibility index (Phi) is 14.8. The van der Waals surface area contributed by atoms with Crippen LogP contribution in [0.1, 0.15) is 36.1 Å². The normalized spacial score (nSPS) is 28.4. The van der Waals surface area contributed by atoms with Crippen LogP contribution in [0.5, 0.6) is 5.75 Å². The molecule has 0 unspecified atom stereocenters. The van der Waals surface area contributed by atoms with Crippen LogP contribution in [0.3, 0.4) is 0 Å². The topological polar surface area (TPSA) is 103 Å². The molecule has 0 amide bonds. The third-order valence-electron chi connectivity index (χ3n) is 9.60. The van der Waals surface area contributed by atoms with Gasteiger partial charge in [-0.05, 0) is 48.2 Å². The molecular formula is C44H52O10. The standard InChI is InChI=1S/C44H52O10/c1-5-25-47-44-42(41(51-28-34-19-13-8-14-20-34)39(31(3)53-44)49-27-33-17-11-7-12-18-33)54-43-37(45)40(50-29-35-21-23-36(46-4)24-22-35)38(30(2)52-43)48-26-32-15-9-6-10-16-32/h5-24,30-31,37-45H,1,25-29H2,2-4H3/t30-,31-,37+,38-,39-,40-,41+,42+,43-,44+/m0/s1. The van der Waals surface area contributed by atoms with Crippen molar-refractivity contribution in [1.82, 2.24) is 0 Å². The lowest BCUT2D eigenvalue weighted by Gasteiger charge is -2.48. The van der Waals surface area contributed by atoms with Gasteiger partial charge < -0.3 is 47.7 Å². The fraction of sp³-hybridized carbons (Fsp3) is 0.409. The lowest BCUT2D eigenvalue weighted by molar-refractivity contribution is -0.372. The van der Waals surface area contributed by atoms with Crippen LogP contribution in [0.2, 0.25) is 0 Å². The second-order valence-corrected chi connectivity index (χ2v) is 13.5. The Morgan fingerprint density at radius 2 is 0.963 bits per heavy atom. The first-order chi connectivity index (χ1) is 26.4. The van der Waals surface area contributed by atoms with E-state index >= 15 is 0 Å². The third-order valence-corrected chi connectivity index (χ3v) is 9.60. The number of aliphatic hydroxyl groups excluding tert-OH is 1. The van der Waals surface area contributed by atoms with Crippen molar-refractivity contribution >= 4 is 0 Å².